The van der Waals surface area contributed by atoms with Crippen LogP contribution in [0.15, 0.2) is 48.8 Å². The topological polar surface area (TPSA) is 81.9 Å². The van der Waals surface area contributed by atoms with Gasteiger partial charge >= 0.3 is 0 Å². The van der Waals surface area contributed by atoms with E-state index in [1.165, 1.54) is 16.6 Å². The lowest BCUT2D eigenvalue weighted by atomic mass is 10.1. The molecule has 0 saturated carbocycles. The van der Waals surface area contributed by atoms with E-state index in [1.807, 2.05) is 24.3 Å². The summed E-state index contributed by atoms with van der Waals surface area (Å²) in [6, 6.07) is 13.0. The molecule has 134 valence electrons. The molecule has 1 amide bonds. The maximum atomic E-state index is 12.5. The number of ether oxygens (including phenoxy) is 1. The van der Waals surface area contributed by atoms with E-state index in [0.29, 0.717) is 22.7 Å². The number of benzene rings is 2. The number of tetrazole rings is 1. The van der Waals surface area contributed by atoms with Crippen molar-refractivity contribution in [2.75, 3.05) is 12.4 Å². The number of amides is 1. The fourth-order valence-electron chi connectivity index (χ4n) is 2.63. The Kier molecular flexibility index (Phi) is 5.58. The minimum atomic E-state index is -0.167. The first-order chi connectivity index (χ1) is 12.7. The molecule has 3 aromatic rings. The third-order valence-corrected chi connectivity index (χ3v) is 4.07. The predicted octanol–water partition coefficient (Wildman–Crippen LogP) is 3.27. The molecule has 7 nitrogen and oxygen atoms in total. The van der Waals surface area contributed by atoms with Crippen LogP contribution in [-0.4, -0.2) is 33.2 Å². The van der Waals surface area contributed by atoms with Gasteiger partial charge in [0.1, 0.15) is 17.8 Å². The number of nitrogens with zero attached hydrogens (tertiary/aromatic N) is 4. The number of carbonyl (C=O) groups is 1. The van der Waals surface area contributed by atoms with Crippen molar-refractivity contribution in [3.63, 3.8) is 0 Å². The predicted molar refractivity (Wildman–Crippen MR) is 98.7 cm³/mol. The molecule has 1 aromatic heterocycles. The smallest absolute Gasteiger partial charge is 0.255 e. The van der Waals surface area contributed by atoms with Crippen molar-refractivity contribution in [1.82, 2.24) is 20.2 Å². The number of unbranched alkanes of at least 4 members (excludes halogenated alkanes) is 1. The number of carbonyl (C=O) groups excluding carboxylic acids is 1. The Morgan fingerprint density at radius 1 is 1.19 bits per heavy atom. The maximum Gasteiger partial charge on any atom is 0.255 e. The summed E-state index contributed by atoms with van der Waals surface area (Å²) in [5.74, 6) is 0.440. The van der Waals surface area contributed by atoms with Crippen LogP contribution in [0.3, 0.4) is 0 Å². The molecule has 0 atom stereocenters. The van der Waals surface area contributed by atoms with Crippen LogP contribution in [-0.2, 0) is 6.42 Å². The largest absolute Gasteiger partial charge is 0.494 e. The van der Waals surface area contributed by atoms with Gasteiger partial charge in [-0.3, -0.25) is 4.79 Å². The van der Waals surface area contributed by atoms with Gasteiger partial charge in [0.25, 0.3) is 5.91 Å². The number of methoxy groups -OCH3 is 1. The molecule has 1 heterocycles. The molecule has 0 unspecified atom stereocenters. The first kappa shape index (κ1) is 17.6. The van der Waals surface area contributed by atoms with Crippen LogP contribution in [0.1, 0.15) is 35.7 Å². The van der Waals surface area contributed by atoms with Gasteiger partial charge in [0.2, 0.25) is 0 Å². The van der Waals surface area contributed by atoms with Gasteiger partial charge < -0.3 is 10.1 Å². The Balaban J connectivity index is 1.76. The SMILES string of the molecule is CCCCc1ccc(C(=O)Nc2ccc(OC)c(-n3cnnn3)c2)cc1. The van der Waals surface area contributed by atoms with Gasteiger partial charge in [0, 0.05) is 11.3 Å². The Morgan fingerprint density at radius 3 is 2.65 bits per heavy atom. The van der Waals surface area contributed by atoms with E-state index in [4.69, 9.17) is 4.74 Å². The highest BCUT2D eigenvalue weighted by Gasteiger charge is 2.11. The van der Waals surface area contributed by atoms with Gasteiger partial charge in [-0.1, -0.05) is 25.5 Å². The highest BCUT2D eigenvalue weighted by Crippen LogP contribution is 2.25. The molecule has 0 radical (unpaired) electrons. The van der Waals surface area contributed by atoms with Crippen LogP contribution in [0.25, 0.3) is 5.69 Å². The minimum absolute atomic E-state index is 0.167. The Morgan fingerprint density at radius 2 is 2.00 bits per heavy atom. The molecule has 26 heavy (non-hydrogen) atoms. The summed E-state index contributed by atoms with van der Waals surface area (Å²) in [7, 11) is 1.57. The highest BCUT2D eigenvalue weighted by molar-refractivity contribution is 6.04. The number of rotatable bonds is 7. The average molecular weight is 351 g/mol. The number of aryl methyl sites for hydroxylation is 1. The molecule has 0 aliphatic heterocycles. The van der Waals surface area contributed by atoms with Crippen molar-refractivity contribution in [2.45, 2.75) is 26.2 Å². The van der Waals surface area contributed by atoms with Gasteiger partial charge in [-0.2, -0.15) is 4.68 Å². The Hall–Kier alpha value is -3.22. The van der Waals surface area contributed by atoms with Gasteiger partial charge in [0.05, 0.1) is 7.11 Å². The molecular formula is C19H21N5O2. The van der Waals surface area contributed by atoms with Crippen molar-refractivity contribution in [1.29, 1.82) is 0 Å². The van der Waals surface area contributed by atoms with E-state index in [0.717, 1.165) is 19.3 Å². The number of hydrogen-bond donors (Lipinski definition) is 1. The molecule has 0 spiro atoms. The zero-order valence-corrected chi connectivity index (χ0v) is 14.8. The third-order valence-electron chi connectivity index (χ3n) is 4.07. The van der Waals surface area contributed by atoms with Crippen molar-refractivity contribution in [3.05, 3.63) is 59.9 Å². The van der Waals surface area contributed by atoms with Gasteiger partial charge in [0.15, 0.2) is 0 Å². The van der Waals surface area contributed by atoms with E-state index in [1.54, 1.807) is 25.3 Å². The first-order valence-electron chi connectivity index (χ1n) is 8.53. The van der Waals surface area contributed by atoms with E-state index in [9.17, 15) is 4.79 Å². The summed E-state index contributed by atoms with van der Waals surface area (Å²) >= 11 is 0. The molecule has 3 rings (SSSR count). The normalized spacial score (nSPS) is 10.5. The molecule has 0 aliphatic rings. The van der Waals surface area contributed by atoms with Crippen LogP contribution in [0, 0.1) is 0 Å². The quantitative estimate of drug-likeness (QED) is 0.706. The number of hydrogen-bond acceptors (Lipinski definition) is 5. The van der Waals surface area contributed by atoms with E-state index in [2.05, 4.69) is 27.8 Å². The summed E-state index contributed by atoms with van der Waals surface area (Å²) in [5.41, 5.74) is 3.14. The standard InChI is InChI=1S/C19H21N5O2/c1-3-4-5-14-6-8-15(9-7-14)19(25)21-16-10-11-18(26-2)17(12-16)24-13-20-22-23-24/h6-13H,3-5H2,1-2H3,(H,21,25). The second kappa shape index (κ2) is 8.24. The third kappa shape index (κ3) is 4.05. The molecular weight excluding hydrogens is 330 g/mol. The lowest BCUT2D eigenvalue weighted by molar-refractivity contribution is 0.102. The molecule has 7 heteroatoms. The second-order valence-electron chi connectivity index (χ2n) is 5.90. The van der Waals surface area contributed by atoms with Gasteiger partial charge in [-0.05, 0) is 59.2 Å². The highest BCUT2D eigenvalue weighted by atomic mass is 16.5. The van der Waals surface area contributed by atoms with Crippen LogP contribution in [0.4, 0.5) is 5.69 Å². The van der Waals surface area contributed by atoms with Crippen LogP contribution in [0.2, 0.25) is 0 Å². The Labute approximate surface area is 152 Å². The van der Waals surface area contributed by atoms with Crippen LogP contribution >= 0.6 is 0 Å². The monoisotopic (exact) mass is 351 g/mol. The minimum Gasteiger partial charge on any atom is -0.494 e. The van der Waals surface area contributed by atoms with Crippen LogP contribution < -0.4 is 10.1 Å². The lowest BCUT2D eigenvalue weighted by Gasteiger charge is -2.11. The Bertz CT molecular complexity index is 860. The van der Waals surface area contributed by atoms with E-state index >= 15 is 0 Å². The summed E-state index contributed by atoms with van der Waals surface area (Å²) in [5, 5.41) is 14.0. The lowest BCUT2D eigenvalue weighted by Crippen LogP contribution is -2.12. The summed E-state index contributed by atoms with van der Waals surface area (Å²) in [4.78, 5) is 12.5. The molecule has 2 aromatic carbocycles. The first-order valence-corrected chi connectivity index (χ1v) is 8.53. The molecule has 0 bridgehead atoms. The van der Waals surface area contributed by atoms with Crippen molar-refractivity contribution in [3.8, 4) is 11.4 Å². The maximum absolute atomic E-state index is 12.5. The summed E-state index contributed by atoms with van der Waals surface area (Å²) in [6.07, 6.45) is 4.81. The fourth-order valence-corrected chi connectivity index (χ4v) is 2.63. The van der Waals surface area contributed by atoms with Crippen molar-refractivity contribution >= 4 is 11.6 Å². The second-order valence-corrected chi connectivity index (χ2v) is 5.90. The van der Waals surface area contributed by atoms with Gasteiger partial charge in [-0.25, -0.2) is 0 Å². The summed E-state index contributed by atoms with van der Waals surface area (Å²) < 4.78 is 6.81. The fraction of sp³-hybridized carbons (Fsp3) is 0.263. The van der Waals surface area contributed by atoms with Crippen LogP contribution in [0.5, 0.6) is 5.75 Å². The molecule has 0 fully saturated rings. The van der Waals surface area contributed by atoms with Crippen molar-refractivity contribution < 1.29 is 9.53 Å². The van der Waals surface area contributed by atoms with E-state index < -0.39 is 0 Å². The molecule has 0 saturated heterocycles. The zero-order chi connectivity index (χ0) is 18.4. The summed E-state index contributed by atoms with van der Waals surface area (Å²) in [6.45, 7) is 2.17. The molecule has 1 N–H and O–H groups in total. The van der Waals surface area contributed by atoms with Crippen molar-refractivity contribution in [2.24, 2.45) is 0 Å². The molecule has 0 aliphatic carbocycles. The zero-order valence-electron chi connectivity index (χ0n) is 14.8. The average Bonchev–Trinajstić information content (AvgIpc) is 3.21. The van der Waals surface area contributed by atoms with Gasteiger partial charge in [-0.15, -0.1) is 5.10 Å². The number of aromatic nitrogens is 4. The number of anilines is 1. The number of nitrogens with one attached hydrogen (secondary N) is 1. The van der Waals surface area contributed by atoms with E-state index in [-0.39, 0.29) is 5.91 Å².